The Hall–Kier alpha value is -8.12. The Balaban J connectivity index is 0.000000144. The molecule has 2 aliphatic carbocycles. The van der Waals surface area contributed by atoms with E-state index in [4.69, 9.17) is 27.8 Å². The fourth-order valence-corrected chi connectivity index (χ4v) is 9.88. The molecular formula is C56H52BBrF8N12O8. The summed E-state index contributed by atoms with van der Waals surface area (Å²) in [6.07, 6.45) is 1.38. The van der Waals surface area contributed by atoms with Crippen molar-refractivity contribution in [1.29, 1.82) is 0 Å². The summed E-state index contributed by atoms with van der Waals surface area (Å²) in [5, 5.41) is 20.2. The fourth-order valence-electron chi connectivity index (χ4n) is 9.68. The lowest BCUT2D eigenvalue weighted by atomic mass is 9.78. The van der Waals surface area contributed by atoms with Crippen molar-refractivity contribution in [3.63, 3.8) is 0 Å². The second-order valence-corrected chi connectivity index (χ2v) is 23.1. The highest BCUT2D eigenvalue weighted by molar-refractivity contribution is 9.10. The quantitative estimate of drug-likeness (QED) is 0.0762. The van der Waals surface area contributed by atoms with Gasteiger partial charge in [-0.3, -0.25) is 9.59 Å². The lowest BCUT2D eigenvalue weighted by molar-refractivity contribution is -0.166. The Labute approximate surface area is 493 Å². The average molecular weight is 1260 g/mol. The molecule has 13 rings (SSSR count). The number of ether oxygens (including phenoxy) is 2. The van der Waals surface area contributed by atoms with Crippen LogP contribution in [0.15, 0.2) is 99.2 Å². The maximum atomic E-state index is 14.8. The largest absolute Gasteiger partial charge is 0.494 e. The van der Waals surface area contributed by atoms with Gasteiger partial charge in [0, 0.05) is 66.5 Å². The third-order valence-corrected chi connectivity index (χ3v) is 16.1. The van der Waals surface area contributed by atoms with Crippen LogP contribution in [0.2, 0.25) is 0 Å². The minimum Gasteiger partial charge on any atom is -0.476 e. The summed E-state index contributed by atoms with van der Waals surface area (Å²) in [7, 11) is -0.741. The van der Waals surface area contributed by atoms with Crippen molar-refractivity contribution in [3.05, 3.63) is 147 Å². The number of nitrogens with one attached hydrogen (secondary N) is 2. The molecule has 2 aromatic carbocycles. The van der Waals surface area contributed by atoms with Crippen molar-refractivity contribution < 1.29 is 72.5 Å². The van der Waals surface area contributed by atoms with Gasteiger partial charge in [0.25, 0.3) is 0 Å². The molecule has 3 aliphatic heterocycles. The summed E-state index contributed by atoms with van der Waals surface area (Å²) in [6.45, 7) is 10.4. The molecule has 86 heavy (non-hydrogen) atoms. The highest BCUT2D eigenvalue weighted by atomic mass is 79.9. The number of hydrogen-bond acceptors (Lipinski definition) is 16. The minimum absolute atomic E-state index is 0.0839. The monoisotopic (exact) mass is 1260 g/mol. The van der Waals surface area contributed by atoms with Gasteiger partial charge in [-0.1, -0.05) is 34.6 Å². The van der Waals surface area contributed by atoms with Crippen LogP contribution >= 0.6 is 15.9 Å². The van der Waals surface area contributed by atoms with Gasteiger partial charge < -0.3 is 38.5 Å². The normalized spacial score (nSPS) is 17.2. The van der Waals surface area contributed by atoms with Crippen LogP contribution in [0.4, 0.5) is 46.8 Å². The summed E-state index contributed by atoms with van der Waals surface area (Å²) in [6, 6.07) is 10.8. The smallest absolute Gasteiger partial charge is 0.476 e. The highest BCUT2D eigenvalue weighted by Gasteiger charge is 2.68. The van der Waals surface area contributed by atoms with E-state index in [-0.39, 0.29) is 72.8 Å². The van der Waals surface area contributed by atoms with Gasteiger partial charge in [0.2, 0.25) is 23.6 Å². The first-order valence-electron chi connectivity index (χ1n) is 27.0. The second-order valence-electron chi connectivity index (χ2n) is 22.2. The zero-order chi connectivity index (χ0) is 61.0. The summed E-state index contributed by atoms with van der Waals surface area (Å²) in [5.41, 5.74) is -1.48. The SMILES string of the molecule is Brc1cnc(Cc2cnn3c2OCC3)nc1.CC1(C)OB(c2ccc(CC(=O)Nc3cc(C4(C(F)(F)F)CC4)on3)c(F)c2)OC1(C)C.O=C(Cc1ccc(-c2cnc(Cc3cnn4c3OCC4)nc2)cc1F)Nc1cc(C2(C(F)(F)F)CC2)on1. The number of amides is 2. The number of aromatic nitrogens is 10. The van der Waals surface area contributed by atoms with E-state index >= 15 is 0 Å². The third kappa shape index (κ3) is 12.4. The number of fused-ring (bicyclic) bond motifs is 2. The zero-order valence-electron chi connectivity index (χ0n) is 46.3. The van der Waals surface area contributed by atoms with E-state index in [0.717, 1.165) is 51.9 Å². The molecule has 450 valence electrons. The molecule has 6 aromatic heterocycles. The lowest BCUT2D eigenvalue weighted by Crippen LogP contribution is -2.41. The van der Waals surface area contributed by atoms with E-state index < -0.39 is 65.0 Å². The molecule has 2 saturated carbocycles. The highest BCUT2D eigenvalue weighted by Crippen LogP contribution is 2.60. The van der Waals surface area contributed by atoms with Crippen LogP contribution in [0.3, 0.4) is 0 Å². The first-order valence-corrected chi connectivity index (χ1v) is 27.8. The van der Waals surface area contributed by atoms with Gasteiger partial charge >= 0.3 is 19.5 Å². The molecule has 30 heteroatoms. The molecular weight excluding hydrogens is 1210 g/mol. The van der Waals surface area contributed by atoms with Crippen LogP contribution in [0.25, 0.3) is 11.1 Å². The first kappa shape index (κ1) is 59.6. The molecule has 0 radical (unpaired) electrons. The van der Waals surface area contributed by atoms with Crippen LogP contribution in [-0.4, -0.2) is 106 Å². The minimum atomic E-state index is -4.46. The Kier molecular flexibility index (Phi) is 15.9. The molecule has 0 bridgehead atoms. The van der Waals surface area contributed by atoms with Gasteiger partial charge in [0.1, 0.15) is 47.3 Å². The van der Waals surface area contributed by atoms with Crippen molar-refractivity contribution in [2.24, 2.45) is 0 Å². The molecule has 2 N–H and O–H groups in total. The standard InChI is InChI=1S/C25H20F4N6O3.C21H23BF4N2O4.C10H9BrN4O/c26-18-7-14(17-11-30-20(31-12-17)8-16-13-32-35-5-6-37-23(16)35)1-2-15(18)9-22(36)33-21-10-19(38-34-21)24(3-4-24)25(27,28)29;1-18(2)19(3,4)32-22(31-18)13-6-5-12(14(23)10-13)9-17(29)27-16-11-15(30-28-16)20(7-8-20)21(24,25)26;11-8-5-12-9(13-6-8)3-7-4-14-15-1-2-16-10(7)15/h1-2,7,10-13H,3-6,8-9H2,(H,33,34,36);5-6,10-11H,7-9H2,1-4H3,(H,27,28,29);4-6H,1-3H2. The van der Waals surface area contributed by atoms with E-state index in [0.29, 0.717) is 55.0 Å². The summed E-state index contributed by atoms with van der Waals surface area (Å²) in [4.78, 5) is 41.9. The molecule has 8 aromatic rings. The molecule has 0 spiro atoms. The second kappa shape index (κ2) is 23.0. The predicted octanol–water partition coefficient (Wildman–Crippen LogP) is 9.53. The summed E-state index contributed by atoms with van der Waals surface area (Å²) >= 11 is 3.31. The van der Waals surface area contributed by atoms with Crippen LogP contribution in [0.5, 0.6) is 11.8 Å². The maximum absolute atomic E-state index is 14.8. The topological polar surface area (TPSA) is 234 Å². The van der Waals surface area contributed by atoms with Crippen LogP contribution in [0, 0.1) is 11.6 Å². The lowest BCUT2D eigenvalue weighted by Gasteiger charge is -2.32. The van der Waals surface area contributed by atoms with E-state index in [1.807, 2.05) is 38.6 Å². The number of benzene rings is 2. The molecule has 0 unspecified atom stereocenters. The molecule has 2 amide bonds. The van der Waals surface area contributed by atoms with Gasteiger partial charge in [-0.15, -0.1) is 0 Å². The average Bonchev–Trinajstić information content (AvgIpc) is 1.62. The van der Waals surface area contributed by atoms with Crippen molar-refractivity contribution in [2.45, 2.75) is 127 Å². The molecule has 5 aliphatic rings. The Morgan fingerprint density at radius 3 is 1.47 bits per heavy atom. The van der Waals surface area contributed by atoms with Crippen molar-refractivity contribution in [2.75, 3.05) is 23.8 Å². The van der Waals surface area contributed by atoms with Crippen LogP contribution in [-0.2, 0) is 68.5 Å². The Bertz CT molecular complexity index is 3790. The maximum Gasteiger partial charge on any atom is 0.494 e. The van der Waals surface area contributed by atoms with E-state index in [1.165, 1.54) is 24.3 Å². The van der Waals surface area contributed by atoms with Gasteiger partial charge in [-0.25, -0.2) is 38.1 Å². The van der Waals surface area contributed by atoms with Crippen molar-refractivity contribution >= 4 is 52.0 Å². The number of alkyl halides is 6. The number of carbonyl (C=O) groups is 2. The third-order valence-electron chi connectivity index (χ3n) is 15.7. The fraction of sp³-hybridized carbons (Fsp3) is 0.393. The van der Waals surface area contributed by atoms with Gasteiger partial charge in [0.05, 0.1) is 54.0 Å². The summed E-state index contributed by atoms with van der Waals surface area (Å²) in [5.74, 6) is -0.584. The van der Waals surface area contributed by atoms with Crippen molar-refractivity contribution in [3.8, 4) is 22.9 Å². The number of hydrogen-bond donors (Lipinski definition) is 2. The van der Waals surface area contributed by atoms with E-state index in [9.17, 15) is 44.7 Å². The number of halogens is 9. The van der Waals surface area contributed by atoms with E-state index in [1.54, 1.807) is 47.8 Å². The molecule has 0 atom stereocenters. The predicted molar refractivity (Wildman–Crippen MR) is 292 cm³/mol. The van der Waals surface area contributed by atoms with Gasteiger partial charge in [0.15, 0.2) is 23.2 Å². The van der Waals surface area contributed by atoms with Gasteiger partial charge in [-0.2, -0.15) is 36.5 Å². The Morgan fingerprint density at radius 2 is 1.03 bits per heavy atom. The number of nitrogens with zero attached hydrogens (tertiary/aromatic N) is 10. The Morgan fingerprint density at radius 1 is 0.593 bits per heavy atom. The van der Waals surface area contributed by atoms with Crippen LogP contribution in [0.1, 0.15) is 98.8 Å². The molecule has 9 heterocycles. The van der Waals surface area contributed by atoms with Crippen LogP contribution < -0.4 is 25.6 Å². The summed E-state index contributed by atoms with van der Waals surface area (Å²) < 4.78 is 146. The number of carbonyl (C=O) groups excluding carboxylic acids is 2. The number of anilines is 2. The molecule has 1 saturated heterocycles. The molecule has 20 nitrogen and oxygen atoms in total. The van der Waals surface area contributed by atoms with Gasteiger partial charge in [-0.05, 0) is 104 Å². The first-order chi connectivity index (χ1) is 40.8. The van der Waals surface area contributed by atoms with Crippen molar-refractivity contribution in [1.82, 2.24) is 49.8 Å². The zero-order valence-corrected chi connectivity index (χ0v) is 47.9. The molecule has 3 fully saturated rings. The van der Waals surface area contributed by atoms with E-state index in [2.05, 4.69) is 67.0 Å². The number of rotatable bonds is 14.